The second-order valence-corrected chi connectivity index (χ2v) is 4.27. The fourth-order valence-electron chi connectivity index (χ4n) is 1.64. The van der Waals surface area contributed by atoms with Gasteiger partial charge >= 0.3 is 5.97 Å². The molecule has 76 valence electrons. The molecule has 1 rings (SSSR count). The molecule has 4 atom stereocenters. The molecule has 1 aliphatic heterocycles. The zero-order valence-electron chi connectivity index (χ0n) is 8.12. The van der Waals surface area contributed by atoms with Gasteiger partial charge in [0.2, 0.25) is 0 Å². The zero-order valence-corrected chi connectivity index (χ0v) is 9.71. The Morgan fingerprint density at radius 3 is 2.62 bits per heavy atom. The third-order valence-corrected chi connectivity index (χ3v) is 3.11. The number of rotatable bonds is 2. The maximum Gasteiger partial charge on any atom is 0.303 e. The summed E-state index contributed by atoms with van der Waals surface area (Å²) >= 11 is 3.36. The average molecular weight is 251 g/mol. The predicted octanol–water partition coefficient (Wildman–Crippen LogP) is 2.08. The lowest BCUT2D eigenvalue weighted by atomic mass is 10.00. The standard InChI is InChI=1S/C9H15BrO3/c1-4-7-5(2)8(9(10)13-7)12-6(3)11/h5,7-9H,4H2,1-3H3/t5-,7-,8-,9?/m1/s1. The summed E-state index contributed by atoms with van der Waals surface area (Å²) in [6, 6.07) is 0. The van der Waals surface area contributed by atoms with Crippen LogP contribution in [-0.4, -0.2) is 23.2 Å². The van der Waals surface area contributed by atoms with Crippen LogP contribution in [0, 0.1) is 5.92 Å². The van der Waals surface area contributed by atoms with E-state index in [1.807, 2.05) is 6.92 Å². The molecule has 1 aliphatic rings. The van der Waals surface area contributed by atoms with Gasteiger partial charge in [-0.25, -0.2) is 0 Å². The Bertz CT molecular complexity index is 195. The molecule has 0 aromatic heterocycles. The van der Waals surface area contributed by atoms with E-state index < -0.39 is 0 Å². The molecule has 0 aromatic rings. The highest BCUT2D eigenvalue weighted by Crippen LogP contribution is 2.33. The fraction of sp³-hybridized carbons (Fsp3) is 0.889. The van der Waals surface area contributed by atoms with Crippen LogP contribution >= 0.6 is 15.9 Å². The van der Waals surface area contributed by atoms with Gasteiger partial charge in [-0.2, -0.15) is 0 Å². The smallest absolute Gasteiger partial charge is 0.303 e. The third-order valence-electron chi connectivity index (χ3n) is 2.37. The van der Waals surface area contributed by atoms with E-state index in [1.54, 1.807) is 0 Å². The maximum atomic E-state index is 10.8. The highest BCUT2D eigenvalue weighted by molar-refractivity contribution is 9.09. The van der Waals surface area contributed by atoms with Crippen LogP contribution < -0.4 is 0 Å². The molecule has 0 N–H and O–H groups in total. The Morgan fingerprint density at radius 1 is 1.62 bits per heavy atom. The second-order valence-electron chi connectivity index (χ2n) is 3.37. The topological polar surface area (TPSA) is 35.5 Å². The normalized spacial score (nSPS) is 39.1. The first-order valence-electron chi connectivity index (χ1n) is 4.53. The van der Waals surface area contributed by atoms with Gasteiger partial charge in [0.05, 0.1) is 6.10 Å². The molecule has 0 radical (unpaired) electrons. The summed E-state index contributed by atoms with van der Waals surface area (Å²) in [5.74, 6) is 0.0138. The molecule has 0 aliphatic carbocycles. The van der Waals surface area contributed by atoms with Crippen LogP contribution in [0.4, 0.5) is 0 Å². The first-order valence-corrected chi connectivity index (χ1v) is 5.44. The van der Waals surface area contributed by atoms with Gasteiger partial charge < -0.3 is 9.47 Å². The summed E-state index contributed by atoms with van der Waals surface area (Å²) < 4.78 is 10.7. The van der Waals surface area contributed by atoms with E-state index >= 15 is 0 Å². The van der Waals surface area contributed by atoms with Gasteiger partial charge in [-0.1, -0.05) is 29.8 Å². The molecule has 1 unspecified atom stereocenters. The van der Waals surface area contributed by atoms with E-state index in [4.69, 9.17) is 9.47 Å². The van der Waals surface area contributed by atoms with Crippen molar-refractivity contribution in [3.63, 3.8) is 0 Å². The van der Waals surface area contributed by atoms with E-state index in [0.717, 1.165) is 6.42 Å². The van der Waals surface area contributed by atoms with Crippen LogP contribution in [0.1, 0.15) is 27.2 Å². The number of ether oxygens (including phenoxy) is 2. The van der Waals surface area contributed by atoms with Crippen LogP contribution in [0.3, 0.4) is 0 Å². The third kappa shape index (κ3) is 2.44. The summed E-state index contributed by atoms with van der Waals surface area (Å²) in [7, 11) is 0. The number of alkyl halides is 1. The van der Waals surface area contributed by atoms with E-state index in [2.05, 4.69) is 22.9 Å². The minimum atomic E-state index is -0.248. The van der Waals surface area contributed by atoms with Crippen molar-refractivity contribution in [2.24, 2.45) is 5.92 Å². The molecule has 4 heteroatoms. The van der Waals surface area contributed by atoms with Crippen LogP contribution in [0.2, 0.25) is 0 Å². The van der Waals surface area contributed by atoms with Crippen molar-refractivity contribution >= 4 is 21.9 Å². The Labute approximate surface area is 86.9 Å². The number of esters is 1. The molecule has 0 aromatic carbocycles. The number of carbonyl (C=O) groups excluding carboxylic acids is 1. The van der Waals surface area contributed by atoms with Gasteiger partial charge in [0.15, 0.2) is 0 Å². The van der Waals surface area contributed by atoms with E-state index in [0.29, 0.717) is 0 Å². The minimum Gasteiger partial charge on any atom is -0.458 e. The Kier molecular flexibility index (Phi) is 3.74. The first kappa shape index (κ1) is 11.0. The fourth-order valence-corrected chi connectivity index (χ4v) is 2.51. The van der Waals surface area contributed by atoms with Crippen LogP contribution in [0.5, 0.6) is 0 Å². The van der Waals surface area contributed by atoms with Gasteiger partial charge in [-0.05, 0) is 6.42 Å². The highest BCUT2D eigenvalue weighted by atomic mass is 79.9. The van der Waals surface area contributed by atoms with Crippen LogP contribution in [0.25, 0.3) is 0 Å². The van der Waals surface area contributed by atoms with Gasteiger partial charge in [-0.15, -0.1) is 0 Å². The molecular weight excluding hydrogens is 236 g/mol. The molecule has 1 fully saturated rings. The lowest BCUT2D eigenvalue weighted by molar-refractivity contribution is -0.148. The summed E-state index contributed by atoms with van der Waals surface area (Å²) in [6.45, 7) is 5.53. The van der Waals surface area contributed by atoms with Crippen LogP contribution in [0.15, 0.2) is 0 Å². The lowest BCUT2D eigenvalue weighted by Gasteiger charge is -2.17. The van der Waals surface area contributed by atoms with Gasteiger partial charge in [0, 0.05) is 12.8 Å². The molecule has 1 saturated heterocycles. The number of hydrogen-bond acceptors (Lipinski definition) is 3. The maximum absolute atomic E-state index is 10.8. The molecule has 0 bridgehead atoms. The predicted molar refractivity (Wildman–Crippen MR) is 52.6 cm³/mol. The summed E-state index contributed by atoms with van der Waals surface area (Å²) in [4.78, 5) is 10.8. The summed E-state index contributed by atoms with van der Waals surface area (Å²) in [6.07, 6.45) is 0.984. The minimum absolute atomic E-state index is 0.151. The van der Waals surface area contributed by atoms with E-state index in [9.17, 15) is 4.79 Å². The number of halogens is 1. The van der Waals surface area contributed by atoms with Crippen molar-refractivity contribution in [1.82, 2.24) is 0 Å². The van der Waals surface area contributed by atoms with Crippen molar-refractivity contribution in [3.8, 4) is 0 Å². The molecular formula is C9H15BrO3. The molecule has 0 spiro atoms. The number of carbonyl (C=O) groups is 1. The first-order chi connectivity index (χ1) is 6.06. The Balaban J connectivity index is 2.58. The number of hydrogen-bond donors (Lipinski definition) is 0. The van der Waals surface area contributed by atoms with E-state index in [-0.39, 0.29) is 29.1 Å². The Morgan fingerprint density at radius 2 is 2.23 bits per heavy atom. The van der Waals surface area contributed by atoms with Crippen LogP contribution in [-0.2, 0) is 14.3 Å². The second kappa shape index (κ2) is 4.42. The molecule has 0 amide bonds. The van der Waals surface area contributed by atoms with Gasteiger partial charge in [0.1, 0.15) is 11.1 Å². The molecule has 0 saturated carbocycles. The highest BCUT2D eigenvalue weighted by Gasteiger charge is 2.41. The van der Waals surface area contributed by atoms with Crippen molar-refractivity contribution in [2.45, 2.75) is 44.4 Å². The van der Waals surface area contributed by atoms with E-state index in [1.165, 1.54) is 6.92 Å². The molecule has 13 heavy (non-hydrogen) atoms. The SMILES string of the molecule is CC[C@H]1OC(Br)[C@H](OC(C)=O)[C@@H]1C. The Hall–Kier alpha value is -0.0900. The zero-order chi connectivity index (χ0) is 10.0. The molecule has 1 heterocycles. The monoisotopic (exact) mass is 250 g/mol. The van der Waals surface area contributed by atoms with Crippen molar-refractivity contribution < 1.29 is 14.3 Å². The largest absolute Gasteiger partial charge is 0.458 e. The summed E-state index contributed by atoms with van der Waals surface area (Å²) in [5.41, 5.74) is 0. The molecule has 3 nitrogen and oxygen atoms in total. The van der Waals surface area contributed by atoms with Crippen molar-refractivity contribution in [2.75, 3.05) is 0 Å². The van der Waals surface area contributed by atoms with Crippen molar-refractivity contribution in [1.29, 1.82) is 0 Å². The van der Waals surface area contributed by atoms with Crippen molar-refractivity contribution in [3.05, 3.63) is 0 Å². The van der Waals surface area contributed by atoms with Gasteiger partial charge in [-0.3, -0.25) is 4.79 Å². The average Bonchev–Trinajstić information content (AvgIpc) is 2.31. The quantitative estimate of drug-likeness (QED) is 0.556. The van der Waals surface area contributed by atoms with Gasteiger partial charge in [0.25, 0.3) is 0 Å². The lowest BCUT2D eigenvalue weighted by Crippen LogP contribution is -2.28. The summed E-state index contributed by atoms with van der Waals surface area (Å²) in [5, 5.41) is -0.156.